The zero-order valence-electron chi connectivity index (χ0n) is 20.8. The third-order valence-electron chi connectivity index (χ3n) is 7.23. The van der Waals surface area contributed by atoms with Gasteiger partial charge in [-0.15, -0.1) is 0 Å². The third kappa shape index (κ3) is 5.47. The maximum absolute atomic E-state index is 14.4. The lowest BCUT2D eigenvalue weighted by Crippen LogP contribution is -2.31. The molecule has 3 aromatic carbocycles. The number of halogens is 2. The second-order valence-corrected chi connectivity index (χ2v) is 12.4. The van der Waals surface area contributed by atoms with E-state index in [1.165, 1.54) is 19.2 Å². The van der Waals surface area contributed by atoms with E-state index in [-0.39, 0.29) is 17.7 Å². The van der Waals surface area contributed by atoms with Crippen LogP contribution in [0, 0.1) is 11.7 Å². The molecule has 0 radical (unpaired) electrons. The van der Waals surface area contributed by atoms with Crippen LogP contribution in [-0.4, -0.2) is 27.9 Å². The highest BCUT2D eigenvalue weighted by atomic mass is 79.9. The van der Waals surface area contributed by atoms with E-state index in [0.29, 0.717) is 28.0 Å². The Labute approximate surface area is 221 Å². The summed E-state index contributed by atoms with van der Waals surface area (Å²) in [5.41, 5.74) is 2.60. The standard InChI is InChI=1S/C29H32BrFO4S/c1-4-5-6-21-16-24(20-9-11-22(31)12-10-20)25-17-26(30)27(35-3)18-29(25)36(32,33)28(21)15-19-7-13-23(34-2)14-8-19/h7-14,17-18,21,24,28H,4-6,15-16H2,1-3H3. The van der Waals surface area contributed by atoms with Gasteiger partial charge in [-0.1, -0.05) is 44.0 Å². The summed E-state index contributed by atoms with van der Waals surface area (Å²) < 4.78 is 54.0. The highest BCUT2D eigenvalue weighted by Crippen LogP contribution is 2.47. The van der Waals surface area contributed by atoms with Crippen LogP contribution in [0.15, 0.2) is 70.0 Å². The highest BCUT2D eigenvalue weighted by molar-refractivity contribution is 9.10. The molecule has 3 aromatic rings. The molecular weight excluding hydrogens is 543 g/mol. The second kappa shape index (κ2) is 11.3. The van der Waals surface area contributed by atoms with Crippen LogP contribution in [0.5, 0.6) is 11.5 Å². The zero-order chi connectivity index (χ0) is 25.9. The van der Waals surface area contributed by atoms with E-state index in [2.05, 4.69) is 22.9 Å². The first kappa shape index (κ1) is 26.7. The molecule has 4 nitrogen and oxygen atoms in total. The van der Waals surface area contributed by atoms with Crippen molar-refractivity contribution in [3.05, 3.63) is 87.6 Å². The summed E-state index contributed by atoms with van der Waals surface area (Å²) in [6.45, 7) is 2.12. The highest BCUT2D eigenvalue weighted by Gasteiger charge is 2.42. The molecule has 0 amide bonds. The molecule has 0 aromatic heterocycles. The minimum absolute atomic E-state index is 0.0655. The molecule has 192 valence electrons. The van der Waals surface area contributed by atoms with Crippen molar-refractivity contribution in [2.75, 3.05) is 14.2 Å². The second-order valence-electron chi connectivity index (χ2n) is 9.40. The molecule has 0 aliphatic carbocycles. The van der Waals surface area contributed by atoms with Gasteiger partial charge in [-0.3, -0.25) is 0 Å². The Bertz CT molecular complexity index is 1290. The largest absolute Gasteiger partial charge is 0.497 e. The van der Waals surface area contributed by atoms with Gasteiger partial charge in [-0.25, -0.2) is 12.8 Å². The lowest BCUT2D eigenvalue weighted by Gasteiger charge is -2.27. The van der Waals surface area contributed by atoms with Crippen LogP contribution in [-0.2, 0) is 16.3 Å². The Balaban J connectivity index is 1.89. The molecule has 0 N–H and O–H groups in total. The van der Waals surface area contributed by atoms with Gasteiger partial charge in [0.1, 0.15) is 17.3 Å². The van der Waals surface area contributed by atoms with Crippen LogP contribution < -0.4 is 9.47 Å². The third-order valence-corrected chi connectivity index (χ3v) is 10.2. The minimum Gasteiger partial charge on any atom is -0.497 e. The Morgan fingerprint density at radius 1 is 1.00 bits per heavy atom. The monoisotopic (exact) mass is 574 g/mol. The van der Waals surface area contributed by atoms with Crippen molar-refractivity contribution in [3.63, 3.8) is 0 Å². The first-order valence-electron chi connectivity index (χ1n) is 12.3. The van der Waals surface area contributed by atoms with Gasteiger partial charge in [0.05, 0.1) is 28.8 Å². The average Bonchev–Trinajstić information content (AvgIpc) is 2.96. The van der Waals surface area contributed by atoms with Crippen LogP contribution in [0.3, 0.4) is 0 Å². The molecule has 0 spiro atoms. The Morgan fingerprint density at radius 2 is 1.69 bits per heavy atom. The predicted octanol–water partition coefficient (Wildman–Crippen LogP) is 7.33. The van der Waals surface area contributed by atoms with E-state index in [0.717, 1.165) is 41.7 Å². The van der Waals surface area contributed by atoms with E-state index in [1.807, 2.05) is 30.3 Å². The molecule has 0 fully saturated rings. The number of benzene rings is 3. The van der Waals surface area contributed by atoms with Gasteiger partial charge in [0.15, 0.2) is 9.84 Å². The molecule has 4 rings (SSSR count). The summed E-state index contributed by atoms with van der Waals surface area (Å²) in [5, 5.41) is -0.590. The molecular formula is C29H32BrFO4S. The minimum atomic E-state index is -3.72. The Kier molecular flexibility index (Phi) is 8.41. The zero-order valence-corrected chi connectivity index (χ0v) is 23.2. The van der Waals surface area contributed by atoms with E-state index < -0.39 is 15.1 Å². The van der Waals surface area contributed by atoms with Gasteiger partial charge in [-0.05, 0) is 88.1 Å². The first-order chi connectivity index (χ1) is 17.3. The van der Waals surface area contributed by atoms with Crippen LogP contribution in [0.4, 0.5) is 4.39 Å². The van der Waals surface area contributed by atoms with Crippen LogP contribution >= 0.6 is 15.9 Å². The fourth-order valence-corrected chi connectivity index (χ4v) is 8.09. The molecule has 3 unspecified atom stereocenters. The number of methoxy groups -OCH3 is 2. The smallest absolute Gasteiger partial charge is 0.182 e. The van der Waals surface area contributed by atoms with Crippen molar-refractivity contribution in [3.8, 4) is 11.5 Å². The summed E-state index contributed by atoms with van der Waals surface area (Å²) in [6, 6.07) is 17.6. The fourth-order valence-electron chi connectivity index (χ4n) is 5.27. The molecule has 0 saturated heterocycles. The normalized spacial score (nSPS) is 20.9. The first-order valence-corrected chi connectivity index (χ1v) is 14.6. The maximum Gasteiger partial charge on any atom is 0.182 e. The molecule has 3 atom stereocenters. The number of fused-ring (bicyclic) bond motifs is 1. The number of rotatable bonds is 8. The number of hydrogen-bond donors (Lipinski definition) is 0. The molecule has 1 heterocycles. The topological polar surface area (TPSA) is 52.6 Å². The van der Waals surface area contributed by atoms with Crippen molar-refractivity contribution in [2.45, 2.75) is 55.1 Å². The summed E-state index contributed by atoms with van der Waals surface area (Å²) in [4.78, 5) is 0.300. The molecule has 7 heteroatoms. The Hall–Kier alpha value is -2.38. The van der Waals surface area contributed by atoms with Crippen molar-refractivity contribution in [1.82, 2.24) is 0 Å². The van der Waals surface area contributed by atoms with Gasteiger partial charge in [0.25, 0.3) is 0 Å². The summed E-state index contributed by atoms with van der Waals surface area (Å²) in [7, 11) is -0.569. The van der Waals surface area contributed by atoms with Crippen molar-refractivity contribution < 1.29 is 22.3 Å². The fraction of sp³-hybridized carbons (Fsp3) is 0.379. The van der Waals surface area contributed by atoms with E-state index in [1.54, 1.807) is 25.3 Å². The number of ether oxygens (including phenoxy) is 2. The van der Waals surface area contributed by atoms with E-state index in [4.69, 9.17) is 9.47 Å². The maximum atomic E-state index is 14.4. The van der Waals surface area contributed by atoms with E-state index >= 15 is 0 Å². The average molecular weight is 576 g/mol. The number of hydrogen-bond acceptors (Lipinski definition) is 4. The van der Waals surface area contributed by atoms with Crippen molar-refractivity contribution in [2.24, 2.45) is 5.92 Å². The van der Waals surface area contributed by atoms with Crippen molar-refractivity contribution in [1.29, 1.82) is 0 Å². The summed E-state index contributed by atoms with van der Waals surface area (Å²) in [5.74, 6) is 0.660. The molecule has 36 heavy (non-hydrogen) atoms. The summed E-state index contributed by atoms with van der Waals surface area (Å²) >= 11 is 3.56. The quantitative estimate of drug-likeness (QED) is 0.282. The number of unbranched alkanes of at least 4 members (excludes halogenated alkanes) is 1. The van der Waals surface area contributed by atoms with E-state index in [9.17, 15) is 12.8 Å². The molecule has 1 aliphatic heterocycles. The predicted molar refractivity (Wildman–Crippen MR) is 144 cm³/mol. The van der Waals surface area contributed by atoms with Crippen LogP contribution in [0.2, 0.25) is 0 Å². The lowest BCUT2D eigenvalue weighted by atomic mass is 9.80. The number of sulfone groups is 1. The molecule has 0 saturated carbocycles. The SMILES string of the molecule is CCCCC1CC(c2ccc(F)cc2)c2cc(Br)c(OC)cc2S(=O)(=O)C1Cc1ccc(OC)cc1. The van der Waals surface area contributed by atoms with Gasteiger partial charge < -0.3 is 9.47 Å². The molecule has 0 bridgehead atoms. The Morgan fingerprint density at radius 3 is 2.31 bits per heavy atom. The van der Waals surface area contributed by atoms with Gasteiger partial charge >= 0.3 is 0 Å². The van der Waals surface area contributed by atoms with Gasteiger partial charge in [0.2, 0.25) is 0 Å². The van der Waals surface area contributed by atoms with Crippen molar-refractivity contribution >= 4 is 25.8 Å². The molecule has 1 aliphatic rings. The van der Waals surface area contributed by atoms with Gasteiger partial charge in [0, 0.05) is 12.0 Å². The van der Waals surface area contributed by atoms with Gasteiger partial charge in [-0.2, -0.15) is 0 Å². The summed E-state index contributed by atoms with van der Waals surface area (Å²) in [6.07, 6.45) is 3.81. The van der Waals surface area contributed by atoms with Crippen LogP contribution in [0.25, 0.3) is 0 Å². The lowest BCUT2D eigenvalue weighted by molar-refractivity contribution is 0.390. The van der Waals surface area contributed by atoms with Crippen LogP contribution in [0.1, 0.15) is 55.2 Å².